The molecule has 0 aliphatic heterocycles. The molecule has 0 bridgehead atoms. The highest BCUT2D eigenvalue weighted by molar-refractivity contribution is 6.04. The van der Waals surface area contributed by atoms with Gasteiger partial charge in [-0.3, -0.25) is 10.1 Å². The number of imide groups is 1. The number of carbonyl (C=O) groups is 2. The lowest BCUT2D eigenvalue weighted by molar-refractivity contribution is -0.116. The molecule has 1 rings (SSSR count). The molecule has 0 saturated heterocycles. The third kappa shape index (κ3) is 4.83. The van der Waals surface area contributed by atoms with Crippen molar-refractivity contribution < 1.29 is 14.3 Å². The summed E-state index contributed by atoms with van der Waals surface area (Å²) >= 11 is 0. The first-order chi connectivity index (χ1) is 10.5. The van der Waals surface area contributed by atoms with Gasteiger partial charge in [0.25, 0.3) is 5.91 Å². The SMILES string of the molecule is CCOC(=O)NC(=O)C(C#N)=CNNc1cccc(C)c1C. The fraction of sp³-hybridized carbons (Fsp3) is 0.267. The quantitative estimate of drug-likeness (QED) is 0.436. The van der Waals surface area contributed by atoms with Gasteiger partial charge in [0.2, 0.25) is 0 Å². The van der Waals surface area contributed by atoms with Crippen LogP contribution in [0.3, 0.4) is 0 Å². The average Bonchev–Trinajstić information content (AvgIpc) is 2.47. The Morgan fingerprint density at radius 1 is 1.36 bits per heavy atom. The zero-order valence-electron chi connectivity index (χ0n) is 12.7. The van der Waals surface area contributed by atoms with Crippen LogP contribution in [0.1, 0.15) is 18.1 Å². The van der Waals surface area contributed by atoms with Crippen LogP contribution in [-0.2, 0) is 9.53 Å². The summed E-state index contributed by atoms with van der Waals surface area (Å²) in [4.78, 5) is 22.8. The van der Waals surface area contributed by atoms with E-state index < -0.39 is 12.0 Å². The Bertz CT molecular complexity index is 632. The smallest absolute Gasteiger partial charge is 0.414 e. The molecule has 0 atom stereocenters. The lowest BCUT2D eigenvalue weighted by Crippen LogP contribution is -2.32. The second kappa shape index (κ2) is 8.32. The first-order valence-corrected chi connectivity index (χ1v) is 6.65. The number of ether oxygens (including phenoxy) is 1. The molecule has 22 heavy (non-hydrogen) atoms. The first kappa shape index (κ1) is 17.0. The zero-order chi connectivity index (χ0) is 16.5. The maximum Gasteiger partial charge on any atom is 0.414 e. The highest BCUT2D eigenvalue weighted by Crippen LogP contribution is 2.16. The van der Waals surface area contributed by atoms with E-state index in [2.05, 4.69) is 15.6 Å². The Morgan fingerprint density at radius 2 is 2.09 bits per heavy atom. The van der Waals surface area contributed by atoms with Crippen LogP contribution in [0.4, 0.5) is 10.5 Å². The van der Waals surface area contributed by atoms with E-state index in [4.69, 9.17) is 5.26 Å². The fourth-order valence-corrected chi connectivity index (χ4v) is 1.55. The Hall–Kier alpha value is -3.01. The summed E-state index contributed by atoms with van der Waals surface area (Å²) in [6.07, 6.45) is 0.284. The molecule has 1 aromatic carbocycles. The van der Waals surface area contributed by atoms with Crippen LogP contribution >= 0.6 is 0 Å². The van der Waals surface area contributed by atoms with Gasteiger partial charge in [-0.05, 0) is 38.0 Å². The standard InChI is InChI=1S/C15H18N4O3/c1-4-22-15(21)18-14(20)12(8-16)9-17-19-13-7-5-6-10(2)11(13)3/h5-7,9,17,19H,4H2,1-3H3,(H,18,20,21). The summed E-state index contributed by atoms with van der Waals surface area (Å²) in [5.74, 6) is -0.837. The number of nitrogens with one attached hydrogen (secondary N) is 3. The lowest BCUT2D eigenvalue weighted by Gasteiger charge is -2.11. The molecule has 0 saturated carbocycles. The number of hydrogen-bond acceptors (Lipinski definition) is 6. The lowest BCUT2D eigenvalue weighted by atomic mass is 10.1. The van der Waals surface area contributed by atoms with Crippen molar-refractivity contribution in [2.45, 2.75) is 20.8 Å². The van der Waals surface area contributed by atoms with Crippen molar-refractivity contribution in [1.29, 1.82) is 5.26 Å². The molecule has 0 fully saturated rings. The monoisotopic (exact) mass is 302 g/mol. The van der Waals surface area contributed by atoms with Gasteiger partial charge >= 0.3 is 6.09 Å². The number of carbonyl (C=O) groups excluding carboxylic acids is 2. The predicted molar refractivity (Wildman–Crippen MR) is 81.5 cm³/mol. The van der Waals surface area contributed by atoms with Gasteiger partial charge in [-0.15, -0.1) is 0 Å². The highest BCUT2D eigenvalue weighted by Gasteiger charge is 2.13. The minimum Gasteiger partial charge on any atom is -0.450 e. The van der Waals surface area contributed by atoms with Crippen LogP contribution in [0.2, 0.25) is 0 Å². The van der Waals surface area contributed by atoms with Crippen LogP contribution in [0, 0.1) is 25.2 Å². The van der Waals surface area contributed by atoms with E-state index >= 15 is 0 Å². The number of benzene rings is 1. The molecule has 1 aromatic rings. The van der Waals surface area contributed by atoms with E-state index in [9.17, 15) is 9.59 Å². The molecule has 0 radical (unpaired) electrons. The number of alkyl carbamates (subject to hydrolysis) is 1. The van der Waals surface area contributed by atoms with Crippen molar-refractivity contribution in [3.63, 3.8) is 0 Å². The minimum absolute atomic E-state index is 0.136. The van der Waals surface area contributed by atoms with E-state index in [0.29, 0.717) is 0 Å². The highest BCUT2D eigenvalue weighted by atomic mass is 16.5. The number of nitriles is 1. The predicted octanol–water partition coefficient (Wildman–Crippen LogP) is 1.90. The largest absolute Gasteiger partial charge is 0.450 e. The molecule has 0 aliphatic rings. The van der Waals surface area contributed by atoms with Crippen LogP contribution in [0.5, 0.6) is 0 Å². The molecular formula is C15H18N4O3. The van der Waals surface area contributed by atoms with Crippen molar-refractivity contribution in [1.82, 2.24) is 10.7 Å². The summed E-state index contributed by atoms with van der Waals surface area (Å²) in [6.45, 7) is 5.67. The van der Waals surface area contributed by atoms with Gasteiger partial charge < -0.3 is 15.6 Å². The van der Waals surface area contributed by atoms with Gasteiger partial charge in [0.15, 0.2) is 0 Å². The van der Waals surface area contributed by atoms with Gasteiger partial charge in [-0.2, -0.15) is 5.26 Å². The van der Waals surface area contributed by atoms with Crippen LogP contribution in [-0.4, -0.2) is 18.6 Å². The number of anilines is 1. The number of hydrogen-bond donors (Lipinski definition) is 3. The van der Waals surface area contributed by atoms with Gasteiger partial charge in [-0.25, -0.2) is 4.79 Å². The molecule has 0 aliphatic carbocycles. The van der Waals surface area contributed by atoms with Gasteiger partial charge in [0.05, 0.1) is 12.3 Å². The molecule has 0 aromatic heterocycles. The van der Waals surface area contributed by atoms with Crippen molar-refractivity contribution >= 4 is 17.7 Å². The molecule has 7 nitrogen and oxygen atoms in total. The number of hydrazine groups is 1. The van der Waals surface area contributed by atoms with Gasteiger partial charge in [0.1, 0.15) is 11.6 Å². The second-order valence-electron chi connectivity index (χ2n) is 4.36. The van der Waals surface area contributed by atoms with Crippen molar-refractivity contribution in [2.75, 3.05) is 12.0 Å². The fourth-order valence-electron chi connectivity index (χ4n) is 1.55. The Kier molecular flexibility index (Phi) is 6.44. The summed E-state index contributed by atoms with van der Waals surface area (Å²) in [5, 5.41) is 10.9. The van der Waals surface area contributed by atoms with E-state index in [1.54, 1.807) is 13.0 Å². The summed E-state index contributed by atoms with van der Waals surface area (Å²) < 4.78 is 4.57. The molecule has 3 N–H and O–H groups in total. The Balaban J connectivity index is 2.66. The number of rotatable bonds is 5. The second-order valence-corrected chi connectivity index (χ2v) is 4.36. The van der Waals surface area contributed by atoms with E-state index in [1.165, 1.54) is 6.20 Å². The van der Waals surface area contributed by atoms with Crippen LogP contribution in [0.15, 0.2) is 30.0 Å². The molecule has 0 heterocycles. The van der Waals surface area contributed by atoms with Crippen LogP contribution in [0.25, 0.3) is 0 Å². The van der Waals surface area contributed by atoms with Crippen molar-refractivity contribution in [3.05, 3.63) is 41.1 Å². The van der Waals surface area contributed by atoms with Crippen molar-refractivity contribution in [3.8, 4) is 6.07 Å². The minimum atomic E-state index is -0.892. The zero-order valence-corrected chi connectivity index (χ0v) is 12.7. The van der Waals surface area contributed by atoms with Gasteiger partial charge in [0, 0.05) is 6.20 Å². The van der Waals surface area contributed by atoms with E-state index in [0.717, 1.165) is 16.8 Å². The van der Waals surface area contributed by atoms with Gasteiger partial charge in [-0.1, -0.05) is 12.1 Å². The third-order valence-electron chi connectivity index (χ3n) is 2.88. The maximum absolute atomic E-state index is 11.7. The van der Waals surface area contributed by atoms with E-state index in [-0.39, 0.29) is 12.2 Å². The Morgan fingerprint density at radius 3 is 2.73 bits per heavy atom. The summed E-state index contributed by atoms with van der Waals surface area (Å²) in [5.41, 5.74) is 8.25. The number of amides is 2. The van der Waals surface area contributed by atoms with Crippen LogP contribution < -0.4 is 16.2 Å². The molecule has 2 amide bonds. The van der Waals surface area contributed by atoms with Crippen molar-refractivity contribution in [2.24, 2.45) is 0 Å². The molecule has 0 unspecified atom stereocenters. The maximum atomic E-state index is 11.7. The molecule has 0 spiro atoms. The normalized spacial score (nSPS) is 10.4. The molecule has 7 heteroatoms. The topological polar surface area (TPSA) is 103 Å². The first-order valence-electron chi connectivity index (χ1n) is 6.65. The Labute approximate surface area is 128 Å². The summed E-state index contributed by atoms with van der Waals surface area (Å²) in [7, 11) is 0. The molecular weight excluding hydrogens is 284 g/mol. The average molecular weight is 302 g/mol. The van der Waals surface area contributed by atoms with E-state index in [1.807, 2.05) is 37.4 Å². The third-order valence-corrected chi connectivity index (χ3v) is 2.88. The summed E-state index contributed by atoms with van der Waals surface area (Å²) in [6, 6.07) is 7.42. The molecule has 116 valence electrons. The number of nitrogens with zero attached hydrogens (tertiary/aromatic N) is 1. The number of aryl methyl sites for hydroxylation is 1.